The summed E-state index contributed by atoms with van der Waals surface area (Å²) in [4.78, 5) is 24.1. The van der Waals surface area contributed by atoms with Crippen LogP contribution in [0.4, 0.5) is 4.79 Å². The molecule has 8 heteroatoms. The molecule has 1 saturated heterocycles. The second-order valence-electron chi connectivity index (χ2n) is 5.67. The van der Waals surface area contributed by atoms with Crippen LogP contribution in [0, 0.1) is 6.92 Å². The molecule has 0 unspecified atom stereocenters. The molecule has 1 amide bonds. The average Bonchev–Trinajstić information content (AvgIpc) is 2.64. The summed E-state index contributed by atoms with van der Waals surface area (Å²) < 4.78 is 4.73. The first-order valence-electron chi connectivity index (χ1n) is 8.11. The number of pyridine rings is 1. The van der Waals surface area contributed by atoms with Gasteiger partial charge in [0.15, 0.2) is 0 Å². The smallest absolute Gasteiger partial charge is 0.409 e. The fourth-order valence-electron chi connectivity index (χ4n) is 2.60. The summed E-state index contributed by atoms with van der Waals surface area (Å²) in [5, 5.41) is 3.61. The van der Waals surface area contributed by atoms with Gasteiger partial charge < -0.3 is 15.0 Å². The number of aryl methyl sites for hydroxylation is 1. The summed E-state index contributed by atoms with van der Waals surface area (Å²) in [6.07, 6.45) is 3.11. The normalized spacial score (nSPS) is 16.7. The largest absolute Gasteiger partial charge is 0.453 e. The lowest BCUT2D eigenvalue weighted by Crippen LogP contribution is -2.48. The Morgan fingerprint density at radius 1 is 1.44 bits per heavy atom. The molecule has 0 saturated carbocycles. The highest BCUT2D eigenvalue weighted by atomic mass is 35.5. The first-order valence-corrected chi connectivity index (χ1v) is 8.49. The molecular weight excluding hydrogens is 342 g/mol. The zero-order valence-corrected chi connectivity index (χ0v) is 15.6. The van der Waals surface area contributed by atoms with Crippen LogP contribution in [-0.2, 0) is 4.74 Å². The molecule has 0 atom stereocenters. The molecule has 1 aliphatic rings. The molecule has 1 aromatic heterocycles. The number of amides is 1. The van der Waals surface area contributed by atoms with E-state index in [0.29, 0.717) is 24.8 Å². The number of rotatable bonds is 5. The highest BCUT2D eigenvalue weighted by molar-refractivity contribution is 6.42. The van der Waals surface area contributed by atoms with Crippen LogP contribution in [0.3, 0.4) is 0 Å². The standard InChI is InChI=1S/C17H24ClN5O2/c1-13-5-4-6-21-15(13)16(19-2)14(18)11-20-12-22-7-9-23(10-8-22)17(24)25-3/h4-6,11,19H,7-10,12H2,1-3H3/b16-14+,20-11-. The number of ether oxygens (including phenoxy) is 1. The minimum atomic E-state index is -0.279. The van der Waals surface area contributed by atoms with Crippen molar-refractivity contribution in [3.05, 3.63) is 34.6 Å². The Hall–Kier alpha value is -2.12. The number of carbonyl (C=O) groups is 1. The van der Waals surface area contributed by atoms with E-state index in [9.17, 15) is 4.79 Å². The Morgan fingerprint density at radius 3 is 2.76 bits per heavy atom. The first-order chi connectivity index (χ1) is 12.1. The van der Waals surface area contributed by atoms with Crippen molar-refractivity contribution in [3.8, 4) is 0 Å². The maximum atomic E-state index is 11.5. The third kappa shape index (κ3) is 5.17. The topological polar surface area (TPSA) is 70.1 Å². The maximum absolute atomic E-state index is 11.5. The quantitative estimate of drug-likeness (QED) is 0.807. The summed E-state index contributed by atoms with van der Waals surface area (Å²) >= 11 is 6.39. The van der Waals surface area contributed by atoms with Gasteiger partial charge in [0, 0.05) is 45.6 Å². The third-order valence-corrected chi connectivity index (χ3v) is 4.31. The van der Waals surface area contributed by atoms with Crippen LogP contribution in [0.15, 0.2) is 28.4 Å². The van der Waals surface area contributed by atoms with Gasteiger partial charge in [-0.3, -0.25) is 14.9 Å². The Labute approximate surface area is 153 Å². The van der Waals surface area contributed by atoms with Crippen LogP contribution in [0.25, 0.3) is 5.70 Å². The van der Waals surface area contributed by atoms with Crippen molar-refractivity contribution in [1.29, 1.82) is 0 Å². The van der Waals surface area contributed by atoms with Gasteiger partial charge in [0.25, 0.3) is 0 Å². The van der Waals surface area contributed by atoms with Gasteiger partial charge in [0.05, 0.1) is 30.2 Å². The molecule has 136 valence electrons. The van der Waals surface area contributed by atoms with Gasteiger partial charge in [0.1, 0.15) is 0 Å². The fraction of sp³-hybridized carbons (Fsp3) is 0.471. The predicted molar refractivity (Wildman–Crippen MR) is 99.7 cm³/mol. The van der Waals surface area contributed by atoms with Crippen molar-refractivity contribution < 1.29 is 9.53 Å². The SMILES string of the molecule is CN/C(=C(Cl)\C=N/CN1CCN(C(=O)OC)CC1)c1ncccc1C. The highest BCUT2D eigenvalue weighted by Crippen LogP contribution is 2.18. The highest BCUT2D eigenvalue weighted by Gasteiger charge is 2.20. The molecule has 1 N–H and O–H groups in total. The Balaban J connectivity index is 1.95. The minimum Gasteiger partial charge on any atom is -0.453 e. The van der Waals surface area contributed by atoms with Crippen LogP contribution in [0.5, 0.6) is 0 Å². The lowest BCUT2D eigenvalue weighted by Gasteiger charge is -2.32. The van der Waals surface area contributed by atoms with Gasteiger partial charge in [-0.1, -0.05) is 17.7 Å². The van der Waals surface area contributed by atoms with Crippen molar-refractivity contribution in [2.24, 2.45) is 4.99 Å². The van der Waals surface area contributed by atoms with E-state index in [0.717, 1.165) is 30.0 Å². The monoisotopic (exact) mass is 365 g/mol. The minimum absolute atomic E-state index is 0.279. The zero-order valence-electron chi connectivity index (χ0n) is 14.8. The van der Waals surface area contributed by atoms with Crippen molar-refractivity contribution in [2.75, 3.05) is 47.0 Å². The average molecular weight is 366 g/mol. The Kier molecular flexibility index (Phi) is 7.21. The van der Waals surface area contributed by atoms with E-state index in [-0.39, 0.29) is 6.09 Å². The van der Waals surface area contributed by atoms with E-state index in [2.05, 4.69) is 20.2 Å². The molecule has 1 aromatic rings. The van der Waals surface area contributed by atoms with Crippen LogP contribution >= 0.6 is 11.6 Å². The molecule has 25 heavy (non-hydrogen) atoms. The summed E-state index contributed by atoms with van der Waals surface area (Å²) in [6.45, 7) is 5.31. The summed E-state index contributed by atoms with van der Waals surface area (Å²) in [6, 6.07) is 3.88. The van der Waals surface area contributed by atoms with Crippen molar-refractivity contribution in [2.45, 2.75) is 6.92 Å². The number of piperazine rings is 1. The molecule has 7 nitrogen and oxygen atoms in total. The zero-order chi connectivity index (χ0) is 18.2. The molecular formula is C17H24ClN5O2. The van der Waals surface area contributed by atoms with E-state index < -0.39 is 0 Å². The number of carbonyl (C=O) groups excluding carboxylic acids is 1. The van der Waals surface area contributed by atoms with Gasteiger partial charge in [-0.2, -0.15) is 0 Å². The number of halogens is 1. The first kappa shape index (κ1) is 19.2. The van der Waals surface area contributed by atoms with Crippen LogP contribution in [0.1, 0.15) is 11.3 Å². The van der Waals surface area contributed by atoms with Crippen LogP contribution < -0.4 is 5.32 Å². The molecule has 2 heterocycles. The number of aromatic nitrogens is 1. The van der Waals surface area contributed by atoms with Gasteiger partial charge in [0.2, 0.25) is 0 Å². The number of allylic oxidation sites excluding steroid dienone is 1. The Morgan fingerprint density at radius 2 is 2.16 bits per heavy atom. The van der Waals surface area contributed by atoms with Gasteiger partial charge in [-0.15, -0.1) is 0 Å². The lowest BCUT2D eigenvalue weighted by atomic mass is 10.1. The maximum Gasteiger partial charge on any atom is 0.409 e. The van der Waals surface area contributed by atoms with E-state index >= 15 is 0 Å². The lowest BCUT2D eigenvalue weighted by molar-refractivity contribution is 0.0921. The van der Waals surface area contributed by atoms with E-state index in [1.54, 1.807) is 17.3 Å². The van der Waals surface area contributed by atoms with E-state index in [1.165, 1.54) is 7.11 Å². The number of nitrogens with one attached hydrogen (secondary N) is 1. The molecule has 0 aliphatic carbocycles. The summed E-state index contributed by atoms with van der Waals surface area (Å²) in [5.41, 5.74) is 2.60. The van der Waals surface area contributed by atoms with E-state index in [4.69, 9.17) is 16.3 Å². The number of methoxy groups -OCH3 is 1. The van der Waals surface area contributed by atoms with Crippen molar-refractivity contribution in [3.63, 3.8) is 0 Å². The summed E-state index contributed by atoms with van der Waals surface area (Å²) in [5.74, 6) is 0. The molecule has 0 bridgehead atoms. The number of hydrogen-bond donors (Lipinski definition) is 1. The van der Waals surface area contributed by atoms with Gasteiger partial charge in [-0.25, -0.2) is 4.79 Å². The number of aliphatic imine (C=N–C) groups is 1. The molecule has 0 radical (unpaired) electrons. The number of hydrogen-bond acceptors (Lipinski definition) is 6. The molecule has 2 rings (SSSR count). The fourth-order valence-corrected chi connectivity index (χ4v) is 2.85. The molecule has 1 aliphatic heterocycles. The van der Waals surface area contributed by atoms with E-state index in [1.807, 2.05) is 26.1 Å². The van der Waals surface area contributed by atoms with Crippen LogP contribution in [0.2, 0.25) is 0 Å². The van der Waals surface area contributed by atoms with Gasteiger partial charge >= 0.3 is 6.09 Å². The molecule has 1 fully saturated rings. The third-order valence-electron chi connectivity index (χ3n) is 4.03. The second-order valence-corrected chi connectivity index (χ2v) is 6.08. The van der Waals surface area contributed by atoms with Crippen LogP contribution in [-0.4, -0.2) is 74.1 Å². The predicted octanol–water partition coefficient (Wildman–Crippen LogP) is 1.93. The summed E-state index contributed by atoms with van der Waals surface area (Å²) in [7, 11) is 3.21. The van der Waals surface area contributed by atoms with Gasteiger partial charge in [-0.05, 0) is 18.6 Å². The molecule has 0 spiro atoms. The number of nitrogens with zero attached hydrogens (tertiary/aromatic N) is 4. The second kappa shape index (κ2) is 9.39. The van der Waals surface area contributed by atoms with Crippen molar-refractivity contribution >= 4 is 29.6 Å². The van der Waals surface area contributed by atoms with Crippen molar-refractivity contribution in [1.82, 2.24) is 20.1 Å². The Bertz CT molecular complexity index is 654. The molecule has 0 aromatic carbocycles.